The lowest BCUT2D eigenvalue weighted by Crippen LogP contribution is -2.39. The van der Waals surface area contributed by atoms with Crippen molar-refractivity contribution in [1.29, 1.82) is 0 Å². The number of fused-ring (bicyclic) bond motifs is 1. The Morgan fingerprint density at radius 3 is 2.33 bits per heavy atom. The molecule has 3 N–H and O–H groups in total. The van der Waals surface area contributed by atoms with Crippen LogP contribution in [0.1, 0.15) is 84.0 Å². The van der Waals surface area contributed by atoms with Crippen molar-refractivity contribution in [1.82, 2.24) is 15.4 Å². The molecule has 7 nitrogen and oxygen atoms in total. The minimum absolute atomic E-state index is 0.0152. The highest BCUT2D eigenvalue weighted by atomic mass is 32.2. The smallest absolute Gasteiger partial charge is 0.240 e. The van der Waals surface area contributed by atoms with Crippen molar-refractivity contribution in [3.8, 4) is 5.75 Å². The zero-order valence-corrected chi connectivity index (χ0v) is 23.4. The predicted octanol–water partition coefficient (Wildman–Crippen LogP) is 4.57. The zero-order chi connectivity index (χ0) is 26.7. The first-order valence-corrected chi connectivity index (χ1v) is 14.1. The molecular formula is C28H41N3O4S. The molecule has 0 radical (unpaired) electrons. The third-order valence-electron chi connectivity index (χ3n) is 6.15. The van der Waals surface area contributed by atoms with Crippen LogP contribution in [0.25, 0.3) is 0 Å². The lowest BCUT2D eigenvalue weighted by atomic mass is 9.87. The number of benzene rings is 2. The van der Waals surface area contributed by atoms with Crippen molar-refractivity contribution in [3.63, 3.8) is 0 Å². The Hall–Kier alpha value is -2.42. The maximum atomic E-state index is 12.8. The van der Waals surface area contributed by atoms with Crippen LogP contribution in [-0.4, -0.2) is 32.5 Å². The second-order valence-electron chi connectivity index (χ2n) is 11.7. The average Bonchev–Trinajstić information content (AvgIpc) is 2.76. The molecule has 1 heterocycles. The van der Waals surface area contributed by atoms with Gasteiger partial charge in [0.2, 0.25) is 15.9 Å². The second kappa shape index (κ2) is 10.9. The Bertz CT molecular complexity index is 1160. The van der Waals surface area contributed by atoms with Crippen LogP contribution in [-0.2, 0) is 26.8 Å². The first-order chi connectivity index (χ1) is 16.6. The van der Waals surface area contributed by atoms with Crippen LogP contribution in [0, 0.1) is 0 Å². The van der Waals surface area contributed by atoms with E-state index in [9.17, 15) is 13.2 Å². The summed E-state index contributed by atoms with van der Waals surface area (Å²) in [5.41, 5.74) is 3.08. The molecule has 2 aromatic rings. The SMILES string of the molecule is C[C@@H](CC(=O)N[C@@H]1CCOc2cc(CNC(C)(C)C)ccc21)NS(=O)(=O)c1ccc(C(C)(C)C)cc1. The van der Waals surface area contributed by atoms with Gasteiger partial charge in [0.05, 0.1) is 17.5 Å². The largest absolute Gasteiger partial charge is 0.493 e. The van der Waals surface area contributed by atoms with Crippen LogP contribution >= 0.6 is 0 Å². The van der Waals surface area contributed by atoms with E-state index >= 15 is 0 Å². The fraction of sp³-hybridized carbons (Fsp3) is 0.536. The van der Waals surface area contributed by atoms with Gasteiger partial charge in [-0.2, -0.15) is 0 Å². The number of carbonyl (C=O) groups excluding carboxylic acids is 1. The Morgan fingerprint density at radius 2 is 1.72 bits per heavy atom. The van der Waals surface area contributed by atoms with Gasteiger partial charge in [-0.1, -0.05) is 45.0 Å². The third kappa shape index (κ3) is 7.79. The summed E-state index contributed by atoms with van der Waals surface area (Å²) >= 11 is 0. The first-order valence-electron chi connectivity index (χ1n) is 12.6. The molecule has 0 unspecified atom stereocenters. The van der Waals surface area contributed by atoms with E-state index in [0.717, 1.165) is 29.0 Å². The highest BCUT2D eigenvalue weighted by Gasteiger charge is 2.26. The molecule has 2 atom stereocenters. The van der Waals surface area contributed by atoms with Crippen molar-refractivity contribution in [3.05, 3.63) is 59.2 Å². The maximum absolute atomic E-state index is 12.8. The van der Waals surface area contributed by atoms with Gasteiger partial charge < -0.3 is 15.4 Å². The van der Waals surface area contributed by atoms with E-state index in [2.05, 4.69) is 56.9 Å². The summed E-state index contributed by atoms with van der Waals surface area (Å²) in [7, 11) is -3.73. The van der Waals surface area contributed by atoms with E-state index in [1.807, 2.05) is 30.3 Å². The number of nitrogens with one attached hydrogen (secondary N) is 3. The molecule has 1 amide bonds. The number of amides is 1. The number of sulfonamides is 1. The molecule has 0 bridgehead atoms. The van der Waals surface area contributed by atoms with E-state index in [0.29, 0.717) is 13.0 Å². The molecule has 0 saturated carbocycles. The average molecular weight is 516 g/mol. The van der Waals surface area contributed by atoms with Crippen molar-refractivity contribution >= 4 is 15.9 Å². The number of carbonyl (C=O) groups is 1. The molecule has 2 aromatic carbocycles. The Kier molecular flexibility index (Phi) is 8.53. The molecule has 0 saturated heterocycles. The lowest BCUT2D eigenvalue weighted by molar-refractivity contribution is -0.122. The fourth-order valence-corrected chi connectivity index (χ4v) is 5.34. The summed E-state index contributed by atoms with van der Waals surface area (Å²) in [6, 6.07) is 12.2. The molecule has 1 aliphatic heterocycles. The van der Waals surface area contributed by atoms with Gasteiger partial charge in [-0.05, 0) is 62.4 Å². The highest BCUT2D eigenvalue weighted by molar-refractivity contribution is 7.89. The van der Waals surface area contributed by atoms with Gasteiger partial charge >= 0.3 is 0 Å². The minimum Gasteiger partial charge on any atom is -0.493 e. The van der Waals surface area contributed by atoms with E-state index in [4.69, 9.17) is 4.74 Å². The summed E-state index contributed by atoms with van der Waals surface area (Å²) in [4.78, 5) is 13.0. The predicted molar refractivity (Wildman–Crippen MR) is 144 cm³/mol. The van der Waals surface area contributed by atoms with Gasteiger partial charge in [-0.3, -0.25) is 4.79 Å². The molecule has 0 fully saturated rings. The summed E-state index contributed by atoms with van der Waals surface area (Å²) in [5, 5.41) is 6.53. The van der Waals surface area contributed by atoms with Gasteiger partial charge in [-0.25, -0.2) is 13.1 Å². The van der Waals surface area contributed by atoms with E-state index in [-0.39, 0.29) is 34.2 Å². The molecule has 3 rings (SSSR count). The lowest BCUT2D eigenvalue weighted by Gasteiger charge is -2.28. The monoisotopic (exact) mass is 515 g/mol. The quantitative estimate of drug-likeness (QED) is 0.479. The Labute approximate surface area is 216 Å². The topological polar surface area (TPSA) is 96.5 Å². The Balaban J connectivity index is 1.59. The molecule has 1 aliphatic rings. The molecule has 0 aromatic heterocycles. The highest BCUT2D eigenvalue weighted by Crippen LogP contribution is 2.33. The Morgan fingerprint density at radius 1 is 1.06 bits per heavy atom. The minimum atomic E-state index is -3.73. The first kappa shape index (κ1) is 28.2. The van der Waals surface area contributed by atoms with Crippen LogP contribution < -0.4 is 20.1 Å². The van der Waals surface area contributed by atoms with Gasteiger partial charge in [0.25, 0.3) is 0 Å². The second-order valence-corrected chi connectivity index (χ2v) is 13.4. The van der Waals surface area contributed by atoms with Crippen LogP contribution in [0.2, 0.25) is 0 Å². The van der Waals surface area contributed by atoms with Crippen LogP contribution in [0.3, 0.4) is 0 Å². The van der Waals surface area contributed by atoms with Gasteiger partial charge in [0, 0.05) is 36.5 Å². The maximum Gasteiger partial charge on any atom is 0.240 e. The molecular weight excluding hydrogens is 474 g/mol. The molecule has 0 spiro atoms. The van der Waals surface area contributed by atoms with Crippen molar-refractivity contribution in [2.24, 2.45) is 0 Å². The zero-order valence-electron chi connectivity index (χ0n) is 22.6. The summed E-state index contributed by atoms with van der Waals surface area (Å²) < 4.78 is 34.1. The van der Waals surface area contributed by atoms with Crippen molar-refractivity contribution in [2.45, 2.75) is 95.8 Å². The normalized spacial score (nSPS) is 17.1. The summed E-state index contributed by atoms with van der Waals surface area (Å²) in [6.45, 7) is 15.5. The van der Waals surface area contributed by atoms with Crippen LogP contribution in [0.4, 0.5) is 0 Å². The van der Waals surface area contributed by atoms with Gasteiger partial charge in [-0.15, -0.1) is 0 Å². The van der Waals surface area contributed by atoms with Crippen LogP contribution in [0.15, 0.2) is 47.4 Å². The molecule has 36 heavy (non-hydrogen) atoms. The summed E-state index contributed by atoms with van der Waals surface area (Å²) in [5.74, 6) is 0.580. The number of hydrogen-bond acceptors (Lipinski definition) is 5. The fourth-order valence-electron chi connectivity index (χ4n) is 4.10. The van der Waals surface area contributed by atoms with E-state index in [1.165, 1.54) is 0 Å². The number of hydrogen-bond donors (Lipinski definition) is 3. The third-order valence-corrected chi connectivity index (χ3v) is 7.76. The molecule has 8 heteroatoms. The van der Waals surface area contributed by atoms with Gasteiger partial charge in [0.15, 0.2) is 0 Å². The summed E-state index contributed by atoms with van der Waals surface area (Å²) in [6.07, 6.45) is 0.706. The van der Waals surface area contributed by atoms with E-state index < -0.39 is 16.1 Å². The number of ether oxygens (including phenoxy) is 1. The van der Waals surface area contributed by atoms with Crippen LogP contribution in [0.5, 0.6) is 5.75 Å². The van der Waals surface area contributed by atoms with Crippen molar-refractivity contribution in [2.75, 3.05) is 6.61 Å². The van der Waals surface area contributed by atoms with Gasteiger partial charge in [0.1, 0.15) is 5.75 Å². The molecule has 0 aliphatic carbocycles. The standard InChI is InChI=1S/C28H41N3O4S/c1-19(31-36(33,34)22-11-9-21(10-12-22)27(2,3)4)16-26(32)30-24-14-15-35-25-17-20(8-13-23(24)25)18-29-28(5,6)7/h8-13,17,19,24,29,31H,14-16,18H2,1-7H3,(H,30,32)/t19-,24+/m0/s1. The number of rotatable bonds is 8. The van der Waals surface area contributed by atoms with E-state index in [1.54, 1.807) is 19.1 Å². The molecule has 198 valence electrons. The van der Waals surface area contributed by atoms with Crippen molar-refractivity contribution < 1.29 is 17.9 Å².